The van der Waals surface area contributed by atoms with Crippen LogP contribution in [0.25, 0.3) is 6.08 Å². The summed E-state index contributed by atoms with van der Waals surface area (Å²) in [5.41, 5.74) is 0.714. The van der Waals surface area contributed by atoms with E-state index in [1.54, 1.807) is 18.2 Å². The molecule has 1 aromatic rings. The first-order chi connectivity index (χ1) is 8.52. The van der Waals surface area contributed by atoms with Gasteiger partial charge in [0.1, 0.15) is 12.3 Å². The molecule has 0 aliphatic heterocycles. The summed E-state index contributed by atoms with van der Waals surface area (Å²) in [6, 6.07) is 5.05. The van der Waals surface area contributed by atoms with Crippen molar-refractivity contribution < 1.29 is 19.4 Å². The van der Waals surface area contributed by atoms with Gasteiger partial charge in [-0.25, -0.2) is 0 Å². The number of amides is 1. The van der Waals surface area contributed by atoms with Crippen molar-refractivity contribution >= 4 is 29.6 Å². The molecule has 0 aliphatic rings. The molecule has 0 aromatic heterocycles. The number of carbonyl (C=O) groups excluding carboxylic acids is 1. The number of rotatable bonds is 5. The molecule has 0 unspecified atom stereocenters. The van der Waals surface area contributed by atoms with Crippen molar-refractivity contribution in [1.29, 1.82) is 0 Å². The molecule has 0 fully saturated rings. The second-order valence-electron chi connectivity index (χ2n) is 3.34. The van der Waals surface area contributed by atoms with Crippen LogP contribution in [0.1, 0.15) is 5.56 Å². The third kappa shape index (κ3) is 4.47. The van der Waals surface area contributed by atoms with E-state index >= 15 is 0 Å². The molecule has 2 N–H and O–H groups in total. The average Bonchev–Trinajstić information content (AvgIpc) is 2.34. The highest BCUT2D eigenvalue weighted by atomic mass is 35.5. The van der Waals surface area contributed by atoms with E-state index in [1.165, 1.54) is 19.3 Å². The van der Waals surface area contributed by atoms with E-state index in [2.05, 4.69) is 5.32 Å². The number of methoxy groups -OCH3 is 1. The maximum Gasteiger partial charge on any atom is 0.322 e. The Balaban J connectivity index is 2.64. The first kappa shape index (κ1) is 14.1. The second-order valence-corrected chi connectivity index (χ2v) is 3.75. The number of hydrogen-bond donors (Lipinski definition) is 2. The van der Waals surface area contributed by atoms with E-state index in [0.29, 0.717) is 16.3 Å². The molecule has 1 aromatic carbocycles. The molecule has 1 rings (SSSR count). The van der Waals surface area contributed by atoms with Gasteiger partial charge in [0.25, 0.3) is 0 Å². The van der Waals surface area contributed by atoms with Gasteiger partial charge in [0.05, 0.1) is 12.1 Å². The van der Waals surface area contributed by atoms with Crippen molar-refractivity contribution in [3.8, 4) is 5.75 Å². The predicted octanol–water partition coefficient (Wildman–Crippen LogP) is 1.56. The topological polar surface area (TPSA) is 75.6 Å². The number of carboxylic acids is 1. The van der Waals surface area contributed by atoms with Gasteiger partial charge in [0.15, 0.2) is 0 Å². The number of aliphatic carboxylic acids is 1. The summed E-state index contributed by atoms with van der Waals surface area (Å²) in [4.78, 5) is 21.4. The molecule has 0 saturated heterocycles. The van der Waals surface area contributed by atoms with Crippen LogP contribution in [0.5, 0.6) is 5.75 Å². The molecule has 0 spiro atoms. The molecule has 0 radical (unpaired) electrons. The van der Waals surface area contributed by atoms with E-state index in [0.717, 1.165) is 0 Å². The standard InChI is InChI=1S/C12H12ClNO4/c1-18-10-4-2-8(6-9(10)13)3-5-11(15)14-7-12(16)17/h2-6H,7H2,1H3,(H,14,15)(H,16,17)/b5-3+. The number of ether oxygens (including phenoxy) is 1. The van der Waals surface area contributed by atoms with Crippen molar-refractivity contribution in [2.75, 3.05) is 13.7 Å². The van der Waals surface area contributed by atoms with Gasteiger partial charge < -0.3 is 15.2 Å². The van der Waals surface area contributed by atoms with Crippen LogP contribution in [0.2, 0.25) is 5.02 Å². The summed E-state index contributed by atoms with van der Waals surface area (Å²) in [5, 5.41) is 11.0. The lowest BCUT2D eigenvalue weighted by atomic mass is 10.2. The predicted molar refractivity (Wildman–Crippen MR) is 67.7 cm³/mol. The summed E-state index contributed by atoms with van der Waals surface area (Å²) >= 11 is 5.91. The zero-order chi connectivity index (χ0) is 13.5. The fraction of sp³-hybridized carbons (Fsp3) is 0.167. The van der Waals surface area contributed by atoms with Crippen LogP contribution in [0.4, 0.5) is 0 Å². The van der Waals surface area contributed by atoms with Gasteiger partial charge in [-0.05, 0) is 23.8 Å². The van der Waals surface area contributed by atoms with Gasteiger partial charge in [-0.15, -0.1) is 0 Å². The molecule has 6 heteroatoms. The van der Waals surface area contributed by atoms with E-state index in [9.17, 15) is 9.59 Å². The lowest BCUT2D eigenvalue weighted by Gasteiger charge is -2.03. The highest BCUT2D eigenvalue weighted by Gasteiger charge is 2.01. The van der Waals surface area contributed by atoms with E-state index < -0.39 is 18.4 Å². The molecule has 0 atom stereocenters. The Morgan fingerprint density at radius 1 is 1.50 bits per heavy atom. The van der Waals surface area contributed by atoms with Crippen LogP contribution in [0.3, 0.4) is 0 Å². The molecular weight excluding hydrogens is 258 g/mol. The fourth-order valence-electron chi connectivity index (χ4n) is 1.18. The first-order valence-electron chi connectivity index (χ1n) is 5.04. The Morgan fingerprint density at radius 3 is 2.78 bits per heavy atom. The van der Waals surface area contributed by atoms with Crippen molar-refractivity contribution in [2.24, 2.45) is 0 Å². The minimum atomic E-state index is -1.09. The maximum atomic E-state index is 11.2. The Kier molecular flexibility index (Phi) is 5.20. The normalized spacial score (nSPS) is 10.3. The Hall–Kier alpha value is -2.01. The molecule has 0 heterocycles. The summed E-state index contributed by atoms with van der Waals surface area (Å²) in [6.45, 7) is -0.410. The minimum Gasteiger partial charge on any atom is -0.495 e. The molecular formula is C12H12ClNO4. The number of carboxylic acid groups (broad SMARTS) is 1. The number of nitrogens with one attached hydrogen (secondary N) is 1. The molecule has 1 amide bonds. The summed E-state index contributed by atoms with van der Waals surface area (Å²) < 4.78 is 4.99. The third-order valence-corrected chi connectivity index (χ3v) is 2.31. The second kappa shape index (κ2) is 6.66. The van der Waals surface area contributed by atoms with Gasteiger partial charge in [-0.3, -0.25) is 9.59 Å². The quantitative estimate of drug-likeness (QED) is 0.796. The molecule has 5 nitrogen and oxygen atoms in total. The minimum absolute atomic E-state index is 0.410. The SMILES string of the molecule is COc1ccc(/C=C/C(=O)NCC(=O)O)cc1Cl. The van der Waals surface area contributed by atoms with Crippen LogP contribution < -0.4 is 10.1 Å². The molecule has 0 saturated carbocycles. The first-order valence-corrected chi connectivity index (χ1v) is 5.42. The Morgan fingerprint density at radius 2 is 2.22 bits per heavy atom. The molecule has 96 valence electrons. The van der Waals surface area contributed by atoms with Crippen molar-refractivity contribution in [3.05, 3.63) is 34.9 Å². The molecule has 0 aliphatic carbocycles. The van der Waals surface area contributed by atoms with Gasteiger partial charge in [0.2, 0.25) is 5.91 Å². The van der Waals surface area contributed by atoms with E-state index in [1.807, 2.05) is 0 Å². The zero-order valence-electron chi connectivity index (χ0n) is 9.64. The van der Waals surface area contributed by atoms with Gasteiger partial charge >= 0.3 is 5.97 Å². The lowest BCUT2D eigenvalue weighted by molar-refractivity contribution is -0.137. The summed E-state index contributed by atoms with van der Waals surface area (Å²) in [6.07, 6.45) is 2.77. The van der Waals surface area contributed by atoms with Crippen molar-refractivity contribution in [2.45, 2.75) is 0 Å². The largest absolute Gasteiger partial charge is 0.495 e. The summed E-state index contributed by atoms with van der Waals surface area (Å²) in [7, 11) is 1.51. The smallest absolute Gasteiger partial charge is 0.322 e. The van der Waals surface area contributed by atoms with Crippen LogP contribution in [-0.2, 0) is 9.59 Å². The van der Waals surface area contributed by atoms with Crippen LogP contribution >= 0.6 is 11.6 Å². The molecule has 0 bridgehead atoms. The van der Waals surface area contributed by atoms with E-state index in [4.69, 9.17) is 21.4 Å². The van der Waals surface area contributed by atoms with E-state index in [-0.39, 0.29) is 0 Å². The Labute approximate surface area is 109 Å². The average molecular weight is 270 g/mol. The Bertz CT molecular complexity index is 485. The van der Waals surface area contributed by atoms with Crippen LogP contribution in [0.15, 0.2) is 24.3 Å². The highest BCUT2D eigenvalue weighted by Crippen LogP contribution is 2.25. The van der Waals surface area contributed by atoms with Crippen LogP contribution in [-0.4, -0.2) is 30.6 Å². The van der Waals surface area contributed by atoms with Crippen molar-refractivity contribution in [3.63, 3.8) is 0 Å². The fourth-order valence-corrected chi connectivity index (χ4v) is 1.45. The van der Waals surface area contributed by atoms with Gasteiger partial charge in [-0.1, -0.05) is 17.7 Å². The lowest BCUT2D eigenvalue weighted by Crippen LogP contribution is -2.27. The number of hydrogen-bond acceptors (Lipinski definition) is 3. The molecule has 18 heavy (non-hydrogen) atoms. The number of benzene rings is 1. The summed E-state index contributed by atoms with van der Waals surface area (Å²) in [5.74, 6) is -1.03. The number of halogens is 1. The van der Waals surface area contributed by atoms with Gasteiger partial charge in [0, 0.05) is 6.08 Å². The zero-order valence-corrected chi connectivity index (χ0v) is 10.4. The number of carbonyl (C=O) groups is 2. The van der Waals surface area contributed by atoms with Crippen molar-refractivity contribution in [1.82, 2.24) is 5.32 Å². The monoisotopic (exact) mass is 269 g/mol. The maximum absolute atomic E-state index is 11.2. The highest BCUT2D eigenvalue weighted by molar-refractivity contribution is 6.32. The van der Waals surface area contributed by atoms with Gasteiger partial charge in [-0.2, -0.15) is 0 Å². The van der Waals surface area contributed by atoms with Crippen LogP contribution in [0, 0.1) is 0 Å². The third-order valence-electron chi connectivity index (χ3n) is 2.02.